The molecular formula is C20H21N3O3. The predicted molar refractivity (Wildman–Crippen MR) is 99.4 cm³/mol. The van der Waals surface area contributed by atoms with E-state index in [4.69, 9.17) is 4.74 Å². The van der Waals surface area contributed by atoms with Gasteiger partial charge in [0.05, 0.1) is 5.69 Å². The van der Waals surface area contributed by atoms with Gasteiger partial charge in [-0.05, 0) is 55.0 Å². The van der Waals surface area contributed by atoms with Gasteiger partial charge < -0.3 is 20.7 Å². The van der Waals surface area contributed by atoms with Crippen LogP contribution in [0.4, 0.5) is 16.2 Å². The van der Waals surface area contributed by atoms with Crippen molar-refractivity contribution in [3.63, 3.8) is 0 Å². The number of hydrogen-bond acceptors (Lipinski definition) is 3. The molecule has 0 bridgehead atoms. The van der Waals surface area contributed by atoms with E-state index in [-0.39, 0.29) is 11.9 Å². The fourth-order valence-electron chi connectivity index (χ4n) is 2.97. The van der Waals surface area contributed by atoms with E-state index in [1.165, 1.54) is 18.4 Å². The summed E-state index contributed by atoms with van der Waals surface area (Å²) in [6.07, 6.45) is 2.05. The number of benzene rings is 2. The monoisotopic (exact) mass is 351 g/mol. The molecule has 1 atom stereocenters. The van der Waals surface area contributed by atoms with Crippen molar-refractivity contribution in [1.82, 2.24) is 5.32 Å². The zero-order valence-electron chi connectivity index (χ0n) is 14.5. The normalized spacial score (nSPS) is 18.3. The van der Waals surface area contributed by atoms with Gasteiger partial charge in [-0.2, -0.15) is 0 Å². The quantitative estimate of drug-likeness (QED) is 0.787. The Hall–Kier alpha value is -3.02. The van der Waals surface area contributed by atoms with Crippen LogP contribution in [0.5, 0.6) is 5.75 Å². The molecule has 0 unspecified atom stereocenters. The van der Waals surface area contributed by atoms with Crippen LogP contribution in [-0.2, 0) is 11.3 Å². The summed E-state index contributed by atoms with van der Waals surface area (Å²) in [4.78, 5) is 23.8. The minimum absolute atomic E-state index is 0.200. The number of amides is 3. The van der Waals surface area contributed by atoms with Gasteiger partial charge in [0.25, 0.3) is 5.91 Å². The second-order valence-electron chi connectivity index (χ2n) is 6.78. The first-order valence-corrected chi connectivity index (χ1v) is 8.84. The number of urea groups is 1. The van der Waals surface area contributed by atoms with E-state index < -0.39 is 6.10 Å². The summed E-state index contributed by atoms with van der Waals surface area (Å²) < 4.78 is 5.50. The van der Waals surface area contributed by atoms with E-state index in [0.717, 1.165) is 11.5 Å². The molecule has 1 saturated carbocycles. The van der Waals surface area contributed by atoms with Crippen LogP contribution in [0.3, 0.4) is 0 Å². The fraction of sp³-hybridized carbons (Fsp3) is 0.300. The van der Waals surface area contributed by atoms with Gasteiger partial charge in [-0.25, -0.2) is 4.79 Å². The van der Waals surface area contributed by atoms with Crippen LogP contribution in [0.2, 0.25) is 0 Å². The third-order valence-corrected chi connectivity index (χ3v) is 4.65. The van der Waals surface area contributed by atoms with Crippen LogP contribution >= 0.6 is 0 Å². The standard InChI is InChI=1S/C20H21N3O3/c1-12-19(24)23-17-10-16(8-9-18(17)26-12)22-20(25)21-11-13-2-4-14(5-3-13)15-6-7-15/h2-5,8-10,12,15H,6-7,11H2,1H3,(H,23,24)(H2,21,22,25)/t12-/m1/s1. The lowest BCUT2D eigenvalue weighted by molar-refractivity contribution is -0.122. The summed E-state index contributed by atoms with van der Waals surface area (Å²) >= 11 is 0. The lowest BCUT2D eigenvalue weighted by Gasteiger charge is -2.23. The van der Waals surface area contributed by atoms with Crippen molar-refractivity contribution in [2.75, 3.05) is 10.6 Å². The van der Waals surface area contributed by atoms with Gasteiger partial charge in [0.2, 0.25) is 0 Å². The number of carbonyl (C=O) groups excluding carboxylic acids is 2. The summed E-state index contributed by atoms with van der Waals surface area (Å²) in [6.45, 7) is 2.15. The molecule has 1 fully saturated rings. The highest BCUT2D eigenvalue weighted by Gasteiger charge is 2.24. The van der Waals surface area contributed by atoms with Crippen molar-refractivity contribution < 1.29 is 14.3 Å². The summed E-state index contributed by atoms with van der Waals surface area (Å²) in [5.41, 5.74) is 3.58. The number of carbonyl (C=O) groups is 2. The Balaban J connectivity index is 1.33. The summed E-state index contributed by atoms with van der Waals surface area (Å²) in [6, 6.07) is 13.3. The first-order chi connectivity index (χ1) is 12.6. The molecule has 26 heavy (non-hydrogen) atoms. The van der Waals surface area contributed by atoms with Gasteiger partial charge in [0.15, 0.2) is 6.10 Å². The largest absolute Gasteiger partial charge is 0.479 e. The molecule has 6 nitrogen and oxygen atoms in total. The van der Waals surface area contributed by atoms with Crippen LogP contribution < -0.4 is 20.7 Å². The minimum Gasteiger partial charge on any atom is -0.479 e. The van der Waals surface area contributed by atoms with E-state index in [1.807, 2.05) is 0 Å². The topological polar surface area (TPSA) is 79.5 Å². The molecule has 0 spiro atoms. The van der Waals surface area contributed by atoms with Crippen LogP contribution in [0.1, 0.15) is 36.8 Å². The Bertz CT molecular complexity index is 844. The lowest BCUT2D eigenvalue weighted by atomic mass is 10.1. The zero-order chi connectivity index (χ0) is 18.1. The Labute approximate surface area is 151 Å². The average Bonchev–Trinajstić information content (AvgIpc) is 3.47. The molecular weight excluding hydrogens is 330 g/mol. The molecule has 2 aromatic carbocycles. The number of ether oxygens (including phenoxy) is 1. The number of nitrogens with one attached hydrogen (secondary N) is 3. The van der Waals surface area contributed by atoms with Crippen LogP contribution in [0, 0.1) is 0 Å². The van der Waals surface area contributed by atoms with Crippen LogP contribution in [-0.4, -0.2) is 18.0 Å². The number of anilines is 2. The maximum absolute atomic E-state index is 12.1. The summed E-state index contributed by atoms with van der Waals surface area (Å²) in [7, 11) is 0. The maximum Gasteiger partial charge on any atom is 0.319 e. The van der Waals surface area contributed by atoms with E-state index in [9.17, 15) is 9.59 Å². The molecule has 1 aliphatic carbocycles. The number of fused-ring (bicyclic) bond motifs is 1. The van der Waals surface area contributed by atoms with Crippen molar-refractivity contribution in [1.29, 1.82) is 0 Å². The Morgan fingerprint density at radius 2 is 1.96 bits per heavy atom. The molecule has 6 heteroatoms. The highest BCUT2D eigenvalue weighted by molar-refractivity contribution is 5.99. The SMILES string of the molecule is C[C@H]1Oc2ccc(NC(=O)NCc3ccc(C4CC4)cc3)cc2NC1=O. The average molecular weight is 351 g/mol. The Kier molecular flexibility index (Phi) is 4.24. The number of rotatable bonds is 4. The smallest absolute Gasteiger partial charge is 0.319 e. The molecule has 4 rings (SSSR count). The van der Waals surface area contributed by atoms with Gasteiger partial charge in [-0.1, -0.05) is 24.3 Å². The highest BCUT2D eigenvalue weighted by atomic mass is 16.5. The molecule has 0 saturated heterocycles. The number of hydrogen-bond donors (Lipinski definition) is 3. The summed E-state index contributed by atoms with van der Waals surface area (Å²) in [5, 5.41) is 8.37. The molecule has 3 N–H and O–H groups in total. The van der Waals surface area contributed by atoms with E-state index in [2.05, 4.69) is 40.2 Å². The molecule has 0 radical (unpaired) electrons. The molecule has 3 amide bonds. The highest BCUT2D eigenvalue weighted by Crippen LogP contribution is 2.39. The third-order valence-electron chi connectivity index (χ3n) is 4.65. The second-order valence-corrected chi connectivity index (χ2v) is 6.78. The van der Waals surface area contributed by atoms with Gasteiger partial charge in [-0.3, -0.25) is 4.79 Å². The molecule has 134 valence electrons. The van der Waals surface area contributed by atoms with Crippen molar-refractivity contribution >= 4 is 23.3 Å². The molecule has 0 aromatic heterocycles. The first kappa shape index (κ1) is 16.4. The maximum atomic E-state index is 12.1. The minimum atomic E-state index is -0.518. The van der Waals surface area contributed by atoms with Crippen LogP contribution in [0.15, 0.2) is 42.5 Å². The molecule has 2 aromatic rings. The van der Waals surface area contributed by atoms with Crippen molar-refractivity contribution in [3.05, 3.63) is 53.6 Å². The van der Waals surface area contributed by atoms with E-state index in [1.54, 1.807) is 25.1 Å². The van der Waals surface area contributed by atoms with E-state index >= 15 is 0 Å². The molecule has 1 heterocycles. The Morgan fingerprint density at radius 3 is 2.69 bits per heavy atom. The van der Waals surface area contributed by atoms with Gasteiger partial charge in [0, 0.05) is 12.2 Å². The van der Waals surface area contributed by atoms with Gasteiger partial charge >= 0.3 is 6.03 Å². The van der Waals surface area contributed by atoms with Gasteiger partial charge in [0.1, 0.15) is 5.75 Å². The van der Waals surface area contributed by atoms with Gasteiger partial charge in [-0.15, -0.1) is 0 Å². The second kappa shape index (κ2) is 6.71. The van der Waals surface area contributed by atoms with Crippen molar-refractivity contribution in [2.45, 2.75) is 38.3 Å². The Morgan fingerprint density at radius 1 is 1.19 bits per heavy atom. The lowest BCUT2D eigenvalue weighted by Crippen LogP contribution is -2.34. The van der Waals surface area contributed by atoms with Crippen LogP contribution in [0.25, 0.3) is 0 Å². The molecule has 2 aliphatic rings. The zero-order valence-corrected chi connectivity index (χ0v) is 14.5. The fourth-order valence-corrected chi connectivity index (χ4v) is 2.97. The third kappa shape index (κ3) is 3.64. The predicted octanol–water partition coefficient (Wildman–Crippen LogP) is 3.61. The summed E-state index contributed by atoms with van der Waals surface area (Å²) in [5.74, 6) is 1.13. The molecule has 1 aliphatic heterocycles. The van der Waals surface area contributed by atoms with Crippen molar-refractivity contribution in [3.8, 4) is 5.75 Å². The van der Waals surface area contributed by atoms with Crippen molar-refractivity contribution in [2.24, 2.45) is 0 Å². The van der Waals surface area contributed by atoms with E-state index in [0.29, 0.717) is 23.7 Å². The first-order valence-electron chi connectivity index (χ1n) is 8.84.